The van der Waals surface area contributed by atoms with Gasteiger partial charge in [0.15, 0.2) is 0 Å². The largest absolute Gasteiger partial charge is 0.372 e. The van der Waals surface area contributed by atoms with Crippen molar-refractivity contribution in [2.24, 2.45) is 0 Å². The second-order valence-electron chi connectivity index (χ2n) is 4.89. The molecule has 1 N–H and O–H groups in total. The SMILES string of the molecule is C[C@@H]1CN(c2cnc3[nH]cc(I)c3c2)C[C@H](C)O1. The number of nitrogens with zero attached hydrogens (tertiary/aromatic N) is 2. The first-order valence-corrected chi connectivity index (χ1v) is 7.24. The first-order chi connectivity index (χ1) is 8.63. The van der Waals surface area contributed by atoms with Gasteiger partial charge in [0, 0.05) is 28.2 Å². The van der Waals surface area contributed by atoms with Gasteiger partial charge in [0.05, 0.1) is 24.1 Å². The number of halogens is 1. The number of aromatic amines is 1. The lowest BCUT2D eigenvalue weighted by atomic mass is 10.2. The molecular weight excluding hydrogens is 341 g/mol. The van der Waals surface area contributed by atoms with Crippen molar-refractivity contribution < 1.29 is 4.74 Å². The molecule has 1 aliphatic heterocycles. The Kier molecular flexibility index (Phi) is 3.19. The Bertz CT molecular complexity index is 558. The zero-order chi connectivity index (χ0) is 12.7. The van der Waals surface area contributed by atoms with Crippen LogP contribution in [-0.2, 0) is 4.74 Å². The van der Waals surface area contributed by atoms with Crippen LogP contribution < -0.4 is 4.90 Å². The molecule has 3 heterocycles. The summed E-state index contributed by atoms with van der Waals surface area (Å²) < 4.78 is 6.98. The first-order valence-electron chi connectivity index (χ1n) is 6.16. The third kappa shape index (κ3) is 2.21. The minimum Gasteiger partial charge on any atom is -0.372 e. The van der Waals surface area contributed by atoms with Gasteiger partial charge < -0.3 is 14.6 Å². The van der Waals surface area contributed by atoms with Gasteiger partial charge in [0.2, 0.25) is 0 Å². The van der Waals surface area contributed by atoms with Gasteiger partial charge in [-0.15, -0.1) is 0 Å². The Morgan fingerprint density at radius 3 is 2.83 bits per heavy atom. The number of aromatic nitrogens is 2. The predicted octanol–water partition coefficient (Wildman–Crippen LogP) is 2.78. The molecular formula is C13H16IN3O. The second kappa shape index (κ2) is 4.70. The summed E-state index contributed by atoms with van der Waals surface area (Å²) in [4.78, 5) is 10.0. The Morgan fingerprint density at radius 2 is 2.11 bits per heavy atom. The molecule has 18 heavy (non-hydrogen) atoms. The van der Waals surface area contributed by atoms with Gasteiger partial charge in [-0.2, -0.15) is 0 Å². The van der Waals surface area contributed by atoms with E-state index in [0.717, 1.165) is 18.7 Å². The topological polar surface area (TPSA) is 41.2 Å². The van der Waals surface area contributed by atoms with Crippen LogP contribution in [0.25, 0.3) is 11.0 Å². The minimum atomic E-state index is 0.273. The number of hydrogen-bond donors (Lipinski definition) is 1. The van der Waals surface area contributed by atoms with Gasteiger partial charge in [-0.05, 0) is 42.5 Å². The van der Waals surface area contributed by atoms with Crippen molar-refractivity contribution in [2.75, 3.05) is 18.0 Å². The lowest BCUT2D eigenvalue weighted by Gasteiger charge is -2.36. The Morgan fingerprint density at radius 1 is 1.39 bits per heavy atom. The van der Waals surface area contributed by atoms with Crippen LogP contribution in [0.1, 0.15) is 13.8 Å². The fraction of sp³-hybridized carbons (Fsp3) is 0.462. The number of morpholine rings is 1. The van der Waals surface area contributed by atoms with E-state index in [1.54, 1.807) is 0 Å². The van der Waals surface area contributed by atoms with E-state index in [2.05, 4.69) is 57.4 Å². The third-order valence-corrected chi connectivity index (χ3v) is 4.14. The molecule has 3 rings (SSSR count). The summed E-state index contributed by atoms with van der Waals surface area (Å²) >= 11 is 2.33. The fourth-order valence-corrected chi connectivity index (χ4v) is 3.09. The highest BCUT2D eigenvalue weighted by molar-refractivity contribution is 14.1. The molecule has 0 saturated carbocycles. The minimum absolute atomic E-state index is 0.273. The van der Waals surface area contributed by atoms with Gasteiger partial charge in [-0.1, -0.05) is 0 Å². The lowest BCUT2D eigenvalue weighted by molar-refractivity contribution is -0.00522. The Balaban J connectivity index is 1.95. The van der Waals surface area contributed by atoms with E-state index in [4.69, 9.17) is 4.74 Å². The average molecular weight is 357 g/mol. The van der Waals surface area contributed by atoms with Crippen LogP contribution in [0.3, 0.4) is 0 Å². The molecule has 1 fully saturated rings. The summed E-state index contributed by atoms with van der Waals surface area (Å²) in [5, 5.41) is 1.19. The average Bonchev–Trinajstić information content (AvgIpc) is 2.69. The predicted molar refractivity (Wildman–Crippen MR) is 81.0 cm³/mol. The third-order valence-electron chi connectivity index (χ3n) is 3.25. The maximum atomic E-state index is 5.76. The van der Waals surface area contributed by atoms with Crippen LogP contribution in [0.5, 0.6) is 0 Å². The molecule has 0 radical (unpaired) electrons. The number of H-pyrrole nitrogens is 1. The second-order valence-corrected chi connectivity index (χ2v) is 6.05. The van der Waals surface area contributed by atoms with Gasteiger partial charge in [-0.3, -0.25) is 0 Å². The van der Waals surface area contributed by atoms with Gasteiger partial charge >= 0.3 is 0 Å². The van der Waals surface area contributed by atoms with E-state index in [0.29, 0.717) is 0 Å². The van der Waals surface area contributed by atoms with Crippen LogP contribution in [0.4, 0.5) is 5.69 Å². The Hall–Kier alpha value is -0.820. The van der Waals surface area contributed by atoms with Crippen molar-refractivity contribution in [3.8, 4) is 0 Å². The molecule has 0 spiro atoms. The zero-order valence-corrected chi connectivity index (χ0v) is 12.6. The molecule has 0 amide bonds. The molecule has 96 valence electrons. The van der Waals surface area contributed by atoms with Crippen LogP contribution in [0, 0.1) is 3.57 Å². The summed E-state index contributed by atoms with van der Waals surface area (Å²) in [7, 11) is 0. The summed E-state index contributed by atoms with van der Waals surface area (Å²) in [6.45, 7) is 6.10. The maximum Gasteiger partial charge on any atom is 0.138 e. The fourth-order valence-electron chi connectivity index (χ4n) is 2.52. The van der Waals surface area contributed by atoms with E-state index in [-0.39, 0.29) is 12.2 Å². The molecule has 2 aromatic rings. The van der Waals surface area contributed by atoms with Crippen LogP contribution in [-0.4, -0.2) is 35.3 Å². The number of fused-ring (bicyclic) bond motifs is 1. The normalized spacial score (nSPS) is 24.7. The molecule has 5 heteroatoms. The van der Waals surface area contributed by atoms with Crippen LogP contribution in [0.2, 0.25) is 0 Å². The lowest BCUT2D eigenvalue weighted by Crippen LogP contribution is -2.45. The number of rotatable bonds is 1. The molecule has 0 aromatic carbocycles. The van der Waals surface area contributed by atoms with E-state index in [1.807, 2.05) is 12.4 Å². The summed E-state index contributed by atoms with van der Waals surface area (Å²) in [6, 6.07) is 2.21. The van der Waals surface area contributed by atoms with Crippen molar-refractivity contribution in [3.05, 3.63) is 22.0 Å². The van der Waals surface area contributed by atoms with E-state index in [9.17, 15) is 0 Å². The Labute approximate surface area is 120 Å². The number of nitrogens with one attached hydrogen (secondary N) is 1. The van der Waals surface area contributed by atoms with Crippen molar-refractivity contribution >= 4 is 39.3 Å². The molecule has 1 saturated heterocycles. The summed E-state index contributed by atoms with van der Waals surface area (Å²) in [6.07, 6.45) is 4.48. The standard InChI is InChI=1S/C13H16IN3O/c1-8-6-17(7-9(2)18-8)10-3-11-12(14)5-16-13(11)15-4-10/h3-5,8-9H,6-7H2,1-2H3,(H,15,16)/t8-,9+. The number of pyridine rings is 1. The highest BCUT2D eigenvalue weighted by atomic mass is 127. The molecule has 0 unspecified atom stereocenters. The van der Waals surface area contributed by atoms with Crippen LogP contribution in [0.15, 0.2) is 18.5 Å². The first kappa shape index (κ1) is 12.2. The van der Waals surface area contributed by atoms with E-state index in [1.165, 1.54) is 14.6 Å². The van der Waals surface area contributed by atoms with Crippen molar-refractivity contribution in [1.82, 2.24) is 9.97 Å². The molecule has 0 bridgehead atoms. The number of hydrogen-bond acceptors (Lipinski definition) is 3. The van der Waals surface area contributed by atoms with Crippen molar-refractivity contribution in [2.45, 2.75) is 26.1 Å². The highest BCUT2D eigenvalue weighted by Crippen LogP contribution is 2.25. The summed E-state index contributed by atoms with van der Waals surface area (Å²) in [5.41, 5.74) is 2.14. The highest BCUT2D eigenvalue weighted by Gasteiger charge is 2.22. The van der Waals surface area contributed by atoms with Gasteiger partial charge in [0.1, 0.15) is 5.65 Å². The monoisotopic (exact) mass is 357 g/mol. The number of anilines is 1. The quantitative estimate of drug-likeness (QED) is 0.798. The summed E-state index contributed by atoms with van der Waals surface area (Å²) in [5.74, 6) is 0. The molecule has 1 aliphatic rings. The van der Waals surface area contributed by atoms with E-state index >= 15 is 0 Å². The van der Waals surface area contributed by atoms with Crippen molar-refractivity contribution in [1.29, 1.82) is 0 Å². The smallest absolute Gasteiger partial charge is 0.138 e. The van der Waals surface area contributed by atoms with Crippen LogP contribution >= 0.6 is 22.6 Å². The number of ether oxygens (including phenoxy) is 1. The molecule has 4 nitrogen and oxygen atoms in total. The molecule has 2 aromatic heterocycles. The van der Waals surface area contributed by atoms with Crippen molar-refractivity contribution in [3.63, 3.8) is 0 Å². The van der Waals surface area contributed by atoms with Gasteiger partial charge in [-0.25, -0.2) is 4.98 Å². The molecule has 0 aliphatic carbocycles. The van der Waals surface area contributed by atoms with Gasteiger partial charge in [0.25, 0.3) is 0 Å². The molecule has 2 atom stereocenters. The maximum absolute atomic E-state index is 5.76. The zero-order valence-electron chi connectivity index (χ0n) is 10.5. The van der Waals surface area contributed by atoms with E-state index < -0.39 is 0 Å².